The molecule has 104 valence electrons. The molecule has 5 nitrogen and oxygen atoms in total. The molecule has 2 rings (SSSR count). The Hall–Kier alpha value is -2.21. The molecule has 6 heteroatoms. The minimum absolute atomic E-state index is 0.0794. The van der Waals surface area contributed by atoms with Gasteiger partial charge in [-0.15, -0.1) is 11.3 Å². The minimum Gasteiger partial charge on any atom is -0.369 e. The molecule has 0 aliphatic heterocycles. The van der Waals surface area contributed by atoms with E-state index in [9.17, 15) is 9.59 Å². The van der Waals surface area contributed by atoms with E-state index in [1.165, 1.54) is 11.3 Å². The van der Waals surface area contributed by atoms with E-state index in [0.717, 1.165) is 11.1 Å². The number of nitrogens with one attached hydrogen (secondary N) is 1. The van der Waals surface area contributed by atoms with E-state index in [1.54, 1.807) is 11.4 Å². The molecule has 0 bridgehead atoms. The maximum Gasteiger partial charge on any atom is 0.257 e. The Balaban J connectivity index is 2.09. The summed E-state index contributed by atoms with van der Waals surface area (Å²) in [7, 11) is 0. The van der Waals surface area contributed by atoms with Gasteiger partial charge in [0.15, 0.2) is 5.13 Å². The molecule has 20 heavy (non-hydrogen) atoms. The van der Waals surface area contributed by atoms with Gasteiger partial charge in [-0.05, 0) is 37.1 Å². The maximum absolute atomic E-state index is 12.1. The molecule has 0 saturated carbocycles. The molecule has 0 unspecified atom stereocenters. The average molecular weight is 289 g/mol. The summed E-state index contributed by atoms with van der Waals surface area (Å²) in [5.41, 5.74) is 8.45. The standard InChI is InChI=1S/C14H15N3O2S/c1-8-3-4-10(5-9(8)2)13(19)17-14-16-11(7-20-14)6-12(15)18/h3-5,7H,6H2,1-2H3,(H2,15,18)(H,16,17,19). The number of hydrogen-bond acceptors (Lipinski definition) is 4. The highest BCUT2D eigenvalue weighted by molar-refractivity contribution is 7.14. The summed E-state index contributed by atoms with van der Waals surface area (Å²) in [6, 6.07) is 5.52. The molecule has 0 aliphatic carbocycles. The summed E-state index contributed by atoms with van der Waals surface area (Å²) in [5.74, 6) is -0.657. The number of aryl methyl sites for hydroxylation is 2. The number of primary amides is 1. The first-order chi connectivity index (χ1) is 9.45. The number of carbonyl (C=O) groups is 2. The third kappa shape index (κ3) is 3.42. The van der Waals surface area contributed by atoms with Crippen LogP contribution in [-0.4, -0.2) is 16.8 Å². The Morgan fingerprint density at radius 1 is 1.30 bits per heavy atom. The number of anilines is 1. The van der Waals surface area contributed by atoms with Gasteiger partial charge in [-0.3, -0.25) is 14.9 Å². The number of rotatable bonds is 4. The Morgan fingerprint density at radius 3 is 2.70 bits per heavy atom. The van der Waals surface area contributed by atoms with Crippen LogP contribution < -0.4 is 11.1 Å². The minimum atomic E-state index is -0.442. The number of nitrogens with two attached hydrogens (primary N) is 1. The average Bonchev–Trinajstić information content (AvgIpc) is 2.79. The first-order valence-electron chi connectivity index (χ1n) is 6.07. The smallest absolute Gasteiger partial charge is 0.257 e. The zero-order valence-electron chi connectivity index (χ0n) is 11.3. The first-order valence-corrected chi connectivity index (χ1v) is 6.95. The van der Waals surface area contributed by atoms with Crippen molar-refractivity contribution in [1.82, 2.24) is 4.98 Å². The summed E-state index contributed by atoms with van der Waals surface area (Å²) in [6.45, 7) is 3.95. The van der Waals surface area contributed by atoms with Crippen molar-refractivity contribution in [2.24, 2.45) is 5.73 Å². The topological polar surface area (TPSA) is 85.1 Å². The SMILES string of the molecule is Cc1ccc(C(=O)Nc2nc(CC(N)=O)cs2)cc1C. The fourth-order valence-electron chi connectivity index (χ4n) is 1.68. The van der Waals surface area contributed by atoms with E-state index in [0.29, 0.717) is 16.4 Å². The van der Waals surface area contributed by atoms with Crippen molar-refractivity contribution in [1.29, 1.82) is 0 Å². The number of thiazole rings is 1. The molecule has 1 heterocycles. The lowest BCUT2D eigenvalue weighted by Gasteiger charge is -2.04. The van der Waals surface area contributed by atoms with Gasteiger partial charge in [0.05, 0.1) is 12.1 Å². The van der Waals surface area contributed by atoms with Crippen molar-refractivity contribution in [3.8, 4) is 0 Å². The third-order valence-electron chi connectivity index (χ3n) is 2.90. The molecule has 0 aliphatic rings. The second-order valence-electron chi connectivity index (χ2n) is 4.54. The van der Waals surface area contributed by atoms with Gasteiger partial charge in [-0.1, -0.05) is 6.07 Å². The zero-order chi connectivity index (χ0) is 14.7. The molecule has 1 aromatic heterocycles. The fraction of sp³-hybridized carbons (Fsp3) is 0.214. The molecule has 1 aromatic carbocycles. The van der Waals surface area contributed by atoms with Crippen LogP contribution in [0.15, 0.2) is 23.6 Å². The van der Waals surface area contributed by atoms with Crippen LogP contribution in [-0.2, 0) is 11.2 Å². The highest BCUT2D eigenvalue weighted by Gasteiger charge is 2.10. The van der Waals surface area contributed by atoms with E-state index in [1.807, 2.05) is 26.0 Å². The van der Waals surface area contributed by atoms with Gasteiger partial charge in [0.1, 0.15) is 0 Å². The van der Waals surface area contributed by atoms with Crippen LogP contribution in [0.5, 0.6) is 0 Å². The largest absolute Gasteiger partial charge is 0.369 e. The van der Waals surface area contributed by atoms with Gasteiger partial charge in [-0.2, -0.15) is 0 Å². The van der Waals surface area contributed by atoms with Gasteiger partial charge >= 0.3 is 0 Å². The molecule has 0 radical (unpaired) electrons. The van der Waals surface area contributed by atoms with Crippen molar-refractivity contribution in [2.45, 2.75) is 20.3 Å². The third-order valence-corrected chi connectivity index (χ3v) is 3.70. The van der Waals surface area contributed by atoms with Crippen LogP contribution in [0.2, 0.25) is 0 Å². The van der Waals surface area contributed by atoms with Crippen LogP contribution in [0.4, 0.5) is 5.13 Å². The fourth-order valence-corrected chi connectivity index (χ4v) is 2.38. The van der Waals surface area contributed by atoms with Crippen LogP contribution in [0.3, 0.4) is 0 Å². The second kappa shape index (κ2) is 5.83. The normalized spacial score (nSPS) is 10.3. The quantitative estimate of drug-likeness (QED) is 0.903. The van der Waals surface area contributed by atoms with E-state index >= 15 is 0 Å². The van der Waals surface area contributed by atoms with Gasteiger partial charge in [-0.25, -0.2) is 4.98 Å². The predicted octanol–water partition coefficient (Wildman–Crippen LogP) is 2.04. The van der Waals surface area contributed by atoms with Crippen molar-refractivity contribution in [3.63, 3.8) is 0 Å². The summed E-state index contributed by atoms with van der Waals surface area (Å²) in [4.78, 5) is 27.0. The van der Waals surface area contributed by atoms with Gasteiger partial charge in [0, 0.05) is 10.9 Å². The molecule has 3 N–H and O–H groups in total. The van der Waals surface area contributed by atoms with Gasteiger partial charge in [0.25, 0.3) is 5.91 Å². The Bertz CT molecular complexity index is 664. The van der Waals surface area contributed by atoms with Crippen molar-refractivity contribution >= 4 is 28.3 Å². The highest BCUT2D eigenvalue weighted by Crippen LogP contribution is 2.17. The van der Waals surface area contributed by atoms with E-state index in [4.69, 9.17) is 5.73 Å². The predicted molar refractivity (Wildman–Crippen MR) is 78.9 cm³/mol. The molecule has 2 aromatic rings. The molecule has 0 atom stereocenters. The number of amides is 2. The van der Waals surface area contributed by atoms with Crippen LogP contribution >= 0.6 is 11.3 Å². The Labute approximate surface area is 120 Å². The maximum atomic E-state index is 12.1. The number of aromatic nitrogens is 1. The van der Waals surface area contributed by atoms with Gasteiger partial charge < -0.3 is 5.73 Å². The molecular weight excluding hydrogens is 274 g/mol. The molecule has 2 amide bonds. The monoisotopic (exact) mass is 289 g/mol. The highest BCUT2D eigenvalue weighted by atomic mass is 32.1. The summed E-state index contributed by atoms with van der Waals surface area (Å²) < 4.78 is 0. The number of nitrogens with zero attached hydrogens (tertiary/aromatic N) is 1. The van der Waals surface area contributed by atoms with E-state index < -0.39 is 5.91 Å². The van der Waals surface area contributed by atoms with Gasteiger partial charge in [0.2, 0.25) is 5.91 Å². The van der Waals surface area contributed by atoms with Crippen LogP contribution in [0, 0.1) is 13.8 Å². The molecule has 0 saturated heterocycles. The van der Waals surface area contributed by atoms with Crippen molar-refractivity contribution in [3.05, 3.63) is 46.0 Å². The number of carbonyl (C=O) groups excluding carboxylic acids is 2. The van der Waals surface area contributed by atoms with Crippen LogP contribution in [0.1, 0.15) is 27.2 Å². The van der Waals surface area contributed by atoms with Crippen molar-refractivity contribution in [2.75, 3.05) is 5.32 Å². The Kier molecular flexibility index (Phi) is 4.14. The van der Waals surface area contributed by atoms with E-state index in [2.05, 4.69) is 10.3 Å². The molecule has 0 spiro atoms. The summed E-state index contributed by atoms with van der Waals surface area (Å²) >= 11 is 1.27. The lowest BCUT2D eigenvalue weighted by molar-refractivity contribution is -0.117. The summed E-state index contributed by atoms with van der Waals surface area (Å²) in [6.07, 6.45) is 0.0794. The zero-order valence-corrected chi connectivity index (χ0v) is 12.1. The lowest BCUT2D eigenvalue weighted by atomic mass is 10.1. The number of hydrogen-bond donors (Lipinski definition) is 2. The molecule has 0 fully saturated rings. The Morgan fingerprint density at radius 2 is 2.05 bits per heavy atom. The number of benzene rings is 1. The lowest BCUT2D eigenvalue weighted by Crippen LogP contribution is -2.14. The van der Waals surface area contributed by atoms with Crippen molar-refractivity contribution < 1.29 is 9.59 Å². The van der Waals surface area contributed by atoms with Crippen LogP contribution in [0.25, 0.3) is 0 Å². The first kappa shape index (κ1) is 14.2. The van der Waals surface area contributed by atoms with E-state index in [-0.39, 0.29) is 12.3 Å². The molecular formula is C14H15N3O2S. The second-order valence-corrected chi connectivity index (χ2v) is 5.40. The summed E-state index contributed by atoms with van der Waals surface area (Å²) in [5, 5.41) is 4.89.